The lowest BCUT2D eigenvalue weighted by Gasteiger charge is -2.30. The maximum absolute atomic E-state index is 3.73. The number of halogens is 1. The van der Waals surface area contributed by atoms with E-state index in [4.69, 9.17) is 0 Å². The molecule has 0 N–H and O–H groups in total. The molecular formula is C9H18IN. The molecule has 0 heterocycles. The van der Waals surface area contributed by atoms with Crippen molar-refractivity contribution in [1.82, 2.24) is 0 Å². The van der Waals surface area contributed by atoms with Crippen LogP contribution in [0.3, 0.4) is 0 Å². The van der Waals surface area contributed by atoms with Gasteiger partial charge in [-0.1, -0.05) is 13.2 Å². The Morgan fingerprint density at radius 3 is 1.73 bits per heavy atom. The van der Waals surface area contributed by atoms with Crippen LogP contribution in [0.4, 0.5) is 0 Å². The third-order valence-electron chi connectivity index (χ3n) is 1.90. The molecule has 0 saturated heterocycles. The molecule has 2 heteroatoms. The maximum Gasteiger partial charge on any atom is 0.0971 e. The van der Waals surface area contributed by atoms with Gasteiger partial charge in [-0.25, -0.2) is 0 Å². The normalized spacial score (nSPS) is 10.0. The number of rotatable bonds is 5. The zero-order valence-electron chi connectivity index (χ0n) is 7.52. The van der Waals surface area contributed by atoms with Gasteiger partial charge in [0.2, 0.25) is 0 Å². The lowest BCUT2D eigenvalue weighted by molar-refractivity contribution is -0.896. The summed E-state index contributed by atoms with van der Waals surface area (Å²) in [5.41, 5.74) is 0. The van der Waals surface area contributed by atoms with Crippen molar-refractivity contribution in [2.75, 3.05) is 26.7 Å². The van der Waals surface area contributed by atoms with Gasteiger partial charge in [0.05, 0.1) is 26.7 Å². The van der Waals surface area contributed by atoms with Crippen LogP contribution in [0, 0.1) is 0 Å². The van der Waals surface area contributed by atoms with Crippen molar-refractivity contribution in [3.8, 4) is 0 Å². The number of nitrogens with zero attached hydrogens (tertiary/aromatic N) is 1. The van der Waals surface area contributed by atoms with E-state index in [1.807, 2.05) is 12.2 Å². The van der Waals surface area contributed by atoms with Crippen molar-refractivity contribution in [3.63, 3.8) is 0 Å². The average Bonchev–Trinajstić information content (AvgIpc) is 1.89. The fourth-order valence-corrected chi connectivity index (χ4v) is 0.956. The van der Waals surface area contributed by atoms with Gasteiger partial charge in [0.25, 0.3) is 0 Å². The molecule has 0 aliphatic heterocycles. The smallest absolute Gasteiger partial charge is 0.0971 e. The van der Waals surface area contributed by atoms with Gasteiger partial charge in [-0.05, 0) is 19.1 Å². The fraction of sp³-hybridized carbons (Fsp3) is 0.556. The topological polar surface area (TPSA) is 0 Å². The van der Waals surface area contributed by atoms with Crippen molar-refractivity contribution >= 4 is 0 Å². The van der Waals surface area contributed by atoms with Gasteiger partial charge in [0.1, 0.15) is 0 Å². The van der Waals surface area contributed by atoms with E-state index < -0.39 is 0 Å². The molecule has 0 aromatic carbocycles. The Morgan fingerprint density at radius 2 is 1.55 bits per heavy atom. The molecule has 0 aromatic heterocycles. The number of hydrogen-bond acceptors (Lipinski definition) is 0. The van der Waals surface area contributed by atoms with Crippen molar-refractivity contribution in [2.24, 2.45) is 0 Å². The average molecular weight is 267 g/mol. The molecule has 0 saturated carbocycles. The van der Waals surface area contributed by atoms with Gasteiger partial charge in [0.15, 0.2) is 0 Å². The summed E-state index contributed by atoms with van der Waals surface area (Å²) in [6.45, 7) is 12.8. The van der Waals surface area contributed by atoms with Crippen LogP contribution in [0.2, 0.25) is 0 Å². The quantitative estimate of drug-likeness (QED) is 0.334. The molecule has 0 bridgehead atoms. The third-order valence-corrected chi connectivity index (χ3v) is 1.90. The summed E-state index contributed by atoms with van der Waals surface area (Å²) in [5, 5.41) is 0. The second kappa shape index (κ2) is 6.85. The van der Waals surface area contributed by atoms with Crippen LogP contribution in [0.25, 0.3) is 0 Å². The molecular weight excluding hydrogens is 249 g/mol. The van der Waals surface area contributed by atoms with Crippen LogP contribution >= 0.6 is 0 Å². The van der Waals surface area contributed by atoms with Crippen LogP contribution in [0.15, 0.2) is 25.3 Å². The third kappa shape index (κ3) is 5.44. The zero-order valence-corrected chi connectivity index (χ0v) is 9.67. The Hall–Kier alpha value is 0.170. The van der Waals surface area contributed by atoms with Gasteiger partial charge < -0.3 is 28.5 Å². The molecule has 0 atom stereocenters. The largest absolute Gasteiger partial charge is 1.00 e. The Balaban J connectivity index is 0. The van der Waals surface area contributed by atoms with E-state index in [2.05, 4.69) is 27.1 Å². The van der Waals surface area contributed by atoms with E-state index in [9.17, 15) is 0 Å². The summed E-state index contributed by atoms with van der Waals surface area (Å²) in [4.78, 5) is 0. The van der Waals surface area contributed by atoms with Gasteiger partial charge in [-0.15, -0.1) is 0 Å². The summed E-state index contributed by atoms with van der Waals surface area (Å²) < 4.78 is 1.02. The highest BCUT2D eigenvalue weighted by Gasteiger charge is 2.13. The van der Waals surface area contributed by atoms with E-state index in [-0.39, 0.29) is 24.0 Å². The minimum absolute atomic E-state index is 0. The molecule has 0 rings (SSSR count). The van der Waals surface area contributed by atoms with E-state index in [0.29, 0.717) is 0 Å². The van der Waals surface area contributed by atoms with Crippen LogP contribution in [-0.2, 0) is 0 Å². The first-order chi connectivity index (χ1) is 4.68. The number of likely N-dealkylation sites (N-methyl/N-ethyl adjacent to an activating group) is 1. The predicted octanol–water partition coefficient (Wildman–Crippen LogP) is -1.17. The van der Waals surface area contributed by atoms with Crippen LogP contribution < -0.4 is 24.0 Å². The molecule has 0 unspecified atom stereocenters. The van der Waals surface area contributed by atoms with Crippen molar-refractivity contribution < 1.29 is 28.5 Å². The van der Waals surface area contributed by atoms with Crippen molar-refractivity contribution in [3.05, 3.63) is 25.3 Å². The Morgan fingerprint density at radius 1 is 1.18 bits per heavy atom. The van der Waals surface area contributed by atoms with Crippen molar-refractivity contribution in [1.29, 1.82) is 0 Å². The summed E-state index contributed by atoms with van der Waals surface area (Å²) in [7, 11) is 2.21. The summed E-state index contributed by atoms with van der Waals surface area (Å²) in [6, 6.07) is 0. The van der Waals surface area contributed by atoms with E-state index in [1.54, 1.807) is 0 Å². The lowest BCUT2D eigenvalue weighted by atomic mass is 10.3. The van der Waals surface area contributed by atoms with Gasteiger partial charge in [-0.2, -0.15) is 0 Å². The summed E-state index contributed by atoms with van der Waals surface area (Å²) in [6.07, 6.45) is 3.93. The highest BCUT2D eigenvalue weighted by atomic mass is 127. The first-order valence-electron chi connectivity index (χ1n) is 3.74. The first-order valence-corrected chi connectivity index (χ1v) is 3.74. The maximum atomic E-state index is 3.73. The molecule has 11 heavy (non-hydrogen) atoms. The molecule has 1 nitrogen and oxygen atoms in total. The fourth-order valence-electron chi connectivity index (χ4n) is 0.956. The first kappa shape index (κ1) is 13.7. The predicted molar refractivity (Wildman–Crippen MR) is 46.9 cm³/mol. The summed E-state index contributed by atoms with van der Waals surface area (Å²) in [5.74, 6) is 0. The molecule has 0 fully saturated rings. The van der Waals surface area contributed by atoms with Gasteiger partial charge in [0, 0.05) is 0 Å². The molecule has 0 amide bonds. The second-order valence-electron chi connectivity index (χ2n) is 2.88. The number of quaternary nitrogens is 1. The minimum Gasteiger partial charge on any atom is -1.00 e. The highest BCUT2D eigenvalue weighted by Crippen LogP contribution is 2.00. The van der Waals surface area contributed by atoms with Crippen LogP contribution in [0.1, 0.15) is 6.92 Å². The van der Waals surface area contributed by atoms with Crippen molar-refractivity contribution in [2.45, 2.75) is 6.92 Å². The van der Waals surface area contributed by atoms with E-state index in [0.717, 1.165) is 24.1 Å². The van der Waals surface area contributed by atoms with Crippen LogP contribution in [-0.4, -0.2) is 31.2 Å². The van der Waals surface area contributed by atoms with Gasteiger partial charge >= 0.3 is 0 Å². The van der Waals surface area contributed by atoms with Crippen LogP contribution in [0.5, 0.6) is 0 Å². The second-order valence-corrected chi connectivity index (χ2v) is 2.88. The minimum atomic E-state index is 0. The standard InChI is InChI=1S/C9H18N.HI/c1-5-8-10(4,7-3)9-6-2;/h5-6H,1-2,7-9H2,3-4H3;1H/q+1;/p-1. The van der Waals surface area contributed by atoms with E-state index in [1.165, 1.54) is 0 Å². The van der Waals surface area contributed by atoms with Gasteiger partial charge in [-0.3, -0.25) is 0 Å². The molecule has 0 spiro atoms. The lowest BCUT2D eigenvalue weighted by Crippen LogP contribution is -3.00. The SMILES string of the molecule is C=CC[N+](C)(CC)CC=C.[I-]. The van der Waals surface area contributed by atoms with E-state index >= 15 is 0 Å². The Kier molecular flexibility index (Phi) is 8.56. The highest BCUT2D eigenvalue weighted by molar-refractivity contribution is 4.70. The monoisotopic (exact) mass is 267 g/mol. The summed E-state index contributed by atoms with van der Waals surface area (Å²) >= 11 is 0. The number of hydrogen-bond donors (Lipinski definition) is 0. The molecule has 0 aliphatic rings. The molecule has 0 radical (unpaired) electrons. The molecule has 0 aliphatic carbocycles. The molecule has 66 valence electrons. The Bertz CT molecular complexity index is 111. The zero-order chi connectivity index (χ0) is 8.04. The Labute approximate surface area is 87.4 Å². The molecule has 0 aromatic rings.